The van der Waals surface area contributed by atoms with Gasteiger partial charge in [0.1, 0.15) is 11.4 Å². The lowest BCUT2D eigenvalue weighted by Gasteiger charge is -2.13. The van der Waals surface area contributed by atoms with Crippen molar-refractivity contribution in [3.8, 4) is 5.75 Å². The van der Waals surface area contributed by atoms with Crippen molar-refractivity contribution in [2.45, 2.75) is 6.54 Å². The number of benzene rings is 2. The Balaban J connectivity index is 2.26. The summed E-state index contributed by atoms with van der Waals surface area (Å²) in [6.07, 6.45) is 0. The molecule has 6 heteroatoms. The average Bonchev–Trinajstić information content (AvgIpc) is 2.38. The SMILES string of the molecule is COc1cccc(Cl)c1CNc1c(F)cc(N)cc1F. The Morgan fingerprint density at radius 3 is 2.50 bits per heavy atom. The van der Waals surface area contributed by atoms with Gasteiger partial charge in [-0.2, -0.15) is 0 Å². The van der Waals surface area contributed by atoms with Crippen LogP contribution in [0.2, 0.25) is 5.02 Å². The number of nitrogens with two attached hydrogens (primary N) is 1. The van der Waals surface area contributed by atoms with E-state index >= 15 is 0 Å². The van der Waals surface area contributed by atoms with Crippen LogP contribution < -0.4 is 15.8 Å². The molecule has 0 unspecified atom stereocenters. The van der Waals surface area contributed by atoms with Crippen molar-refractivity contribution in [2.75, 3.05) is 18.2 Å². The Bertz CT molecular complexity index is 612. The van der Waals surface area contributed by atoms with E-state index in [9.17, 15) is 8.78 Å². The maximum absolute atomic E-state index is 13.7. The van der Waals surface area contributed by atoms with Gasteiger partial charge in [-0.05, 0) is 24.3 Å². The van der Waals surface area contributed by atoms with Gasteiger partial charge in [0.15, 0.2) is 11.6 Å². The van der Waals surface area contributed by atoms with Crippen molar-refractivity contribution in [3.05, 3.63) is 52.6 Å². The summed E-state index contributed by atoms with van der Waals surface area (Å²) >= 11 is 6.05. The minimum Gasteiger partial charge on any atom is -0.496 e. The monoisotopic (exact) mass is 298 g/mol. The number of rotatable bonds is 4. The van der Waals surface area contributed by atoms with Crippen molar-refractivity contribution in [1.82, 2.24) is 0 Å². The molecule has 2 rings (SSSR count). The predicted molar refractivity (Wildman–Crippen MR) is 76.1 cm³/mol. The molecule has 3 nitrogen and oxygen atoms in total. The van der Waals surface area contributed by atoms with Crippen LogP contribution in [0, 0.1) is 11.6 Å². The number of methoxy groups -OCH3 is 1. The van der Waals surface area contributed by atoms with Gasteiger partial charge < -0.3 is 15.8 Å². The molecule has 3 N–H and O–H groups in total. The third-order valence-electron chi connectivity index (χ3n) is 2.80. The molecule has 2 aromatic rings. The molecule has 0 aliphatic rings. The molecule has 0 bridgehead atoms. The molecule has 2 aromatic carbocycles. The fraction of sp³-hybridized carbons (Fsp3) is 0.143. The Morgan fingerprint density at radius 1 is 1.25 bits per heavy atom. The summed E-state index contributed by atoms with van der Waals surface area (Å²) in [6, 6.07) is 7.23. The van der Waals surface area contributed by atoms with Crippen LogP contribution in [0.5, 0.6) is 5.75 Å². The van der Waals surface area contributed by atoms with E-state index < -0.39 is 11.6 Å². The Morgan fingerprint density at radius 2 is 1.90 bits per heavy atom. The van der Waals surface area contributed by atoms with E-state index in [0.29, 0.717) is 16.3 Å². The highest BCUT2D eigenvalue weighted by atomic mass is 35.5. The van der Waals surface area contributed by atoms with E-state index in [4.69, 9.17) is 22.1 Å². The van der Waals surface area contributed by atoms with Crippen LogP contribution in [0.15, 0.2) is 30.3 Å². The van der Waals surface area contributed by atoms with Crippen LogP contribution in [0.25, 0.3) is 0 Å². The third-order valence-corrected chi connectivity index (χ3v) is 3.16. The largest absolute Gasteiger partial charge is 0.496 e. The summed E-state index contributed by atoms with van der Waals surface area (Å²) in [5, 5.41) is 3.12. The fourth-order valence-electron chi connectivity index (χ4n) is 1.84. The van der Waals surface area contributed by atoms with Crippen LogP contribution in [0.1, 0.15) is 5.56 Å². The van der Waals surface area contributed by atoms with Crippen LogP contribution in [-0.2, 0) is 6.54 Å². The second kappa shape index (κ2) is 5.96. The molecule has 0 fully saturated rings. The quantitative estimate of drug-likeness (QED) is 0.844. The maximum Gasteiger partial charge on any atom is 0.151 e. The van der Waals surface area contributed by atoms with Gasteiger partial charge in [-0.25, -0.2) is 8.78 Å². The molecule has 0 atom stereocenters. The predicted octanol–water partition coefficient (Wildman–Crippen LogP) is 3.82. The van der Waals surface area contributed by atoms with Crippen molar-refractivity contribution >= 4 is 23.0 Å². The first-order valence-electron chi connectivity index (χ1n) is 5.82. The average molecular weight is 299 g/mol. The van der Waals surface area contributed by atoms with E-state index in [1.54, 1.807) is 18.2 Å². The second-order valence-electron chi connectivity index (χ2n) is 4.13. The topological polar surface area (TPSA) is 47.3 Å². The van der Waals surface area contributed by atoms with Gasteiger partial charge in [0.2, 0.25) is 0 Å². The van der Waals surface area contributed by atoms with Gasteiger partial charge in [-0.15, -0.1) is 0 Å². The second-order valence-corrected chi connectivity index (χ2v) is 4.54. The Labute approximate surface area is 120 Å². The molecular formula is C14H13ClF2N2O. The molecule has 0 heterocycles. The van der Waals surface area contributed by atoms with Gasteiger partial charge >= 0.3 is 0 Å². The lowest BCUT2D eigenvalue weighted by molar-refractivity contribution is 0.410. The highest BCUT2D eigenvalue weighted by Crippen LogP contribution is 2.28. The van der Waals surface area contributed by atoms with Gasteiger partial charge in [0, 0.05) is 22.8 Å². The normalized spacial score (nSPS) is 10.4. The Hall–Kier alpha value is -2.01. The standard InChI is InChI=1S/C14H13ClF2N2O/c1-20-13-4-2-3-10(15)9(13)7-19-14-11(16)5-8(18)6-12(14)17/h2-6,19H,7,18H2,1H3. The lowest BCUT2D eigenvalue weighted by Crippen LogP contribution is -2.06. The number of halogens is 3. The number of anilines is 2. The number of nitrogen functional groups attached to an aromatic ring is 1. The van der Waals surface area contributed by atoms with Crippen molar-refractivity contribution in [2.24, 2.45) is 0 Å². The summed E-state index contributed by atoms with van der Waals surface area (Å²) in [7, 11) is 1.50. The molecule has 20 heavy (non-hydrogen) atoms. The zero-order valence-corrected chi connectivity index (χ0v) is 11.5. The zero-order chi connectivity index (χ0) is 14.7. The molecule has 0 amide bonds. The molecule has 0 saturated heterocycles. The van der Waals surface area contributed by atoms with Gasteiger partial charge in [-0.1, -0.05) is 17.7 Å². The summed E-state index contributed by atoms with van der Waals surface area (Å²) in [5.74, 6) is -0.969. The minimum atomic E-state index is -0.756. The van der Waals surface area contributed by atoms with Crippen LogP contribution in [0.3, 0.4) is 0 Å². The Kier molecular flexibility index (Phi) is 4.29. The van der Waals surface area contributed by atoms with Gasteiger partial charge in [-0.3, -0.25) is 0 Å². The highest BCUT2D eigenvalue weighted by molar-refractivity contribution is 6.31. The smallest absolute Gasteiger partial charge is 0.151 e. The molecule has 0 spiro atoms. The van der Waals surface area contributed by atoms with E-state index in [1.807, 2.05) is 0 Å². The summed E-state index contributed by atoms with van der Waals surface area (Å²) in [4.78, 5) is 0. The molecule has 0 aliphatic heterocycles. The van der Waals surface area contributed by atoms with Gasteiger partial charge in [0.25, 0.3) is 0 Å². The van der Waals surface area contributed by atoms with Crippen molar-refractivity contribution in [3.63, 3.8) is 0 Å². The van der Waals surface area contributed by atoms with E-state index in [2.05, 4.69) is 5.32 Å². The first-order valence-corrected chi connectivity index (χ1v) is 6.20. The minimum absolute atomic E-state index is 0.0286. The molecule has 0 radical (unpaired) electrons. The third kappa shape index (κ3) is 2.93. The molecule has 0 aliphatic carbocycles. The highest BCUT2D eigenvalue weighted by Gasteiger charge is 2.12. The van der Waals surface area contributed by atoms with E-state index in [0.717, 1.165) is 12.1 Å². The lowest BCUT2D eigenvalue weighted by atomic mass is 10.2. The number of ether oxygens (including phenoxy) is 1. The van der Waals surface area contributed by atoms with E-state index in [-0.39, 0.29) is 17.9 Å². The van der Waals surface area contributed by atoms with Crippen LogP contribution in [0.4, 0.5) is 20.2 Å². The van der Waals surface area contributed by atoms with Crippen molar-refractivity contribution < 1.29 is 13.5 Å². The van der Waals surface area contributed by atoms with Crippen molar-refractivity contribution in [1.29, 1.82) is 0 Å². The molecule has 0 aromatic heterocycles. The molecule has 0 saturated carbocycles. The zero-order valence-electron chi connectivity index (χ0n) is 10.7. The first kappa shape index (κ1) is 14.4. The number of nitrogens with one attached hydrogen (secondary N) is 1. The first-order chi connectivity index (χ1) is 9.52. The molecule has 106 valence electrons. The molecular weight excluding hydrogens is 286 g/mol. The summed E-state index contributed by atoms with van der Waals surface area (Å²) in [6.45, 7) is 0.126. The van der Waals surface area contributed by atoms with Crippen LogP contribution in [-0.4, -0.2) is 7.11 Å². The van der Waals surface area contributed by atoms with Crippen LogP contribution >= 0.6 is 11.6 Å². The summed E-state index contributed by atoms with van der Waals surface area (Å²) in [5.41, 5.74) is 5.75. The maximum atomic E-state index is 13.7. The number of hydrogen-bond acceptors (Lipinski definition) is 3. The fourth-order valence-corrected chi connectivity index (χ4v) is 2.07. The number of hydrogen-bond donors (Lipinski definition) is 2. The van der Waals surface area contributed by atoms with Gasteiger partial charge in [0.05, 0.1) is 7.11 Å². The summed E-state index contributed by atoms with van der Waals surface area (Å²) < 4.78 is 32.5. The van der Waals surface area contributed by atoms with E-state index in [1.165, 1.54) is 7.11 Å².